The molecule has 0 spiro atoms. The summed E-state index contributed by atoms with van der Waals surface area (Å²) in [7, 11) is 0. The number of carbonyl (C=O) groups is 2. The molecule has 0 aromatic carbocycles. The predicted octanol–water partition coefficient (Wildman–Crippen LogP) is 2.40. The minimum absolute atomic E-state index is 0.120. The normalized spacial score (nSPS) is 22.9. The van der Waals surface area contributed by atoms with E-state index < -0.39 is 0 Å². The van der Waals surface area contributed by atoms with Gasteiger partial charge >= 0.3 is 6.09 Å². The van der Waals surface area contributed by atoms with E-state index in [0.717, 1.165) is 58.0 Å². The number of unbranched alkanes of at least 4 members (excludes halogenated alkanes) is 1. The SMILES string of the molecule is CCCCOC(=O)N1CCCCC1C(=O)N1CCCC1. The van der Waals surface area contributed by atoms with E-state index in [1.165, 1.54) is 0 Å². The van der Waals surface area contributed by atoms with Crippen molar-refractivity contribution in [1.29, 1.82) is 0 Å². The summed E-state index contributed by atoms with van der Waals surface area (Å²) in [5.74, 6) is 0.120. The first-order chi connectivity index (χ1) is 9.74. The number of hydrogen-bond acceptors (Lipinski definition) is 3. The average Bonchev–Trinajstić information content (AvgIpc) is 3.01. The Kier molecular flexibility index (Phi) is 5.68. The third-order valence-electron chi connectivity index (χ3n) is 4.16. The van der Waals surface area contributed by atoms with Crippen molar-refractivity contribution in [2.45, 2.75) is 57.9 Å². The highest BCUT2D eigenvalue weighted by atomic mass is 16.6. The summed E-state index contributed by atoms with van der Waals surface area (Å²) in [6.45, 7) is 4.85. The number of rotatable bonds is 4. The molecule has 2 fully saturated rings. The third kappa shape index (κ3) is 3.64. The zero-order valence-electron chi connectivity index (χ0n) is 12.5. The summed E-state index contributed by atoms with van der Waals surface area (Å²) < 4.78 is 5.28. The Morgan fingerprint density at radius 3 is 2.50 bits per heavy atom. The maximum Gasteiger partial charge on any atom is 0.410 e. The van der Waals surface area contributed by atoms with Gasteiger partial charge in [-0.15, -0.1) is 0 Å². The van der Waals surface area contributed by atoms with Gasteiger partial charge in [0.25, 0.3) is 0 Å². The second-order valence-electron chi connectivity index (χ2n) is 5.71. The van der Waals surface area contributed by atoms with Crippen LogP contribution < -0.4 is 0 Å². The van der Waals surface area contributed by atoms with Crippen LogP contribution in [0.4, 0.5) is 4.79 Å². The number of nitrogens with zero attached hydrogens (tertiary/aromatic N) is 2. The van der Waals surface area contributed by atoms with Gasteiger partial charge in [-0.05, 0) is 38.5 Å². The number of amides is 2. The van der Waals surface area contributed by atoms with Gasteiger partial charge in [0.1, 0.15) is 6.04 Å². The minimum atomic E-state index is -0.310. The van der Waals surface area contributed by atoms with Crippen molar-refractivity contribution in [2.24, 2.45) is 0 Å². The molecule has 0 aromatic rings. The van der Waals surface area contributed by atoms with Crippen molar-refractivity contribution in [1.82, 2.24) is 9.80 Å². The molecule has 2 amide bonds. The smallest absolute Gasteiger partial charge is 0.410 e. The van der Waals surface area contributed by atoms with Crippen LogP contribution in [-0.2, 0) is 9.53 Å². The van der Waals surface area contributed by atoms with Crippen LogP contribution in [0, 0.1) is 0 Å². The van der Waals surface area contributed by atoms with Gasteiger partial charge in [-0.3, -0.25) is 9.69 Å². The van der Waals surface area contributed by atoms with Gasteiger partial charge < -0.3 is 9.64 Å². The number of piperidine rings is 1. The molecule has 1 atom stereocenters. The Morgan fingerprint density at radius 2 is 1.80 bits per heavy atom. The lowest BCUT2D eigenvalue weighted by atomic mass is 10.0. The summed E-state index contributed by atoms with van der Waals surface area (Å²) >= 11 is 0. The quantitative estimate of drug-likeness (QED) is 0.744. The van der Waals surface area contributed by atoms with Gasteiger partial charge in [-0.1, -0.05) is 13.3 Å². The van der Waals surface area contributed by atoms with E-state index in [2.05, 4.69) is 6.92 Å². The molecule has 0 radical (unpaired) electrons. The number of ether oxygens (including phenoxy) is 1. The van der Waals surface area contributed by atoms with Gasteiger partial charge in [0, 0.05) is 19.6 Å². The van der Waals surface area contributed by atoms with Gasteiger partial charge in [0.2, 0.25) is 5.91 Å². The first kappa shape index (κ1) is 15.1. The monoisotopic (exact) mass is 282 g/mol. The molecule has 0 aromatic heterocycles. The molecule has 1 unspecified atom stereocenters. The zero-order valence-corrected chi connectivity index (χ0v) is 12.5. The Bertz CT molecular complexity index is 340. The first-order valence-electron chi connectivity index (χ1n) is 7.96. The molecule has 0 bridgehead atoms. The maximum absolute atomic E-state index is 12.5. The summed E-state index contributed by atoms with van der Waals surface area (Å²) in [6, 6.07) is -0.295. The minimum Gasteiger partial charge on any atom is -0.449 e. The fourth-order valence-corrected chi connectivity index (χ4v) is 2.94. The standard InChI is InChI=1S/C15H26N2O3/c1-2-3-12-20-15(19)17-11-5-4-8-13(17)14(18)16-9-6-7-10-16/h13H,2-12H2,1H3. The highest BCUT2D eigenvalue weighted by Crippen LogP contribution is 2.22. The van der Waals surface area contributed by atoms with Crippen molar-refractivity contribution in [2.75, 3.05) is 26.2 Å². The van der Waals surface area contributed by atoms with Gasteiger partial charge in [-0.25, -0.2) is 4.79 Å². The molecule has 2 aliphatic heterocycles. The molecule has 2 aliphatic rings. The van der Waals surface area contributed by atoms with Crippen LogP contribution in [0.2, 0.25) is 0 Å². The molecule has 0 saturated carbocycles. The number of hydrogen-bond donors (Lipinski definition) is 0. The van der Waals surface area contributed by atoms with E-state index in [9.17, 15) is 9.59 Å². The van der Waals surface area contributed by atoms with Crippen LogP contribution >= 0.6 is 0 Å². The number of carbonyl (C=O) groups excluding carboxylic acids is 2. The highest BCUT2D eigenvalue weighted by molar-refractivity contribution is 5.86. The summed E-state index contributed by atoms with van der Waals surface area (Å²) in [6.07, 6.45) is 6.50. The van der Waals surface area contributed by atoms with E-state index in [-0.39, 0.29) is 18.0 Å². The lowest BCUT2D eigenvalue weighted by Crippen LogP contribution is -2.52. The molecule has 2 heterocycles. The van der Waals surface area contributed by atoms with Crippen LogP contribution in [0.25, 0.3) is 0 Å². The highest BCUT2D eigenvalue weighted by Gasteiger charge is 2.36. The van der Waals surface area contributed by atoms with Crippen LogP contribution in [0.1, 0.15) is 51.9 Å². The molecular formula is C15H26N2O3. The lowest BCUT2D eigenvalue weighted by Gasteiger charge is -2.35. The van der Waals surface area contributed by atoms with E-state index in [4.69, 9.17) is 4.74 Å². The Morgan fingerprint density at radius 1 is 1.10 bits per heavy atom. The predicted molar refractivity (Wildman–Crippen MR) is 76.4 cm³/mol. The van der Waals surface area contributed by atoms with E-state index in [1.807, 2.05) is 4.90 Å². The van der Waals surface area contributed by atoms with Crippen molar-refractivity contribution < 1.29 is 14.3 Å². The summed E-state index contributed by atoms with van der Waals surface area (Å²) in [4.78, 5) is 28.2. The molecule has 0 N–H and O–H groups in total. The lowest BCUT2D eigenvalue weighted by molar-refractivity contribution is -0.136. The Balaban J connectivity index is 1.93. The summed E-state index contributed by atoms with van der Waals surface area (Å²) in [5, 5.41) is 0. The third-order valence-corrected chi connectivity index (χ3v) is 4.16. The average molecular weight is 282 g/mol. The summed E-state index contributed by atoms with van der Waals surface area (Å²) in [5.41, 5.74) is 0. The molecule has 5 nitrogen and oxygen atoms in total. The van der Waals surface area contributed by atoms with Crippen LogP contribution in [0.5, 0.6) is 0 Å². The van der Waals surface area contributed by atoms with E-state index in [1.54, 1.807) is 4.90 Å². The molecule has 0 aliphatic carbocycles. The zero-order chi connectivity index (χ0) is 14.4. The van der Waals surface area contributed by atoms with E-state index in [0.29, 0.717) is 13.2 Å². The molecule has 2 saturated heterocycles. The van der Waals surface area contributed by atoms with Crippen LogP contribution in [0.15, 0.2) is 0 Å². The molecule has 2 rings (SSSR count). The largest absolute Gasteiger partial charge is 0.449 e. The second-order valence-corrected chi connectivity index (χ2v) is 5.71. The first-order valence-corrected chi connectivity index (χ1v) is 7.96. The Hall–Kier alpha value is -1.26. The van der Waals surface area contributed by atoms with E-state index >= 15 is 0 Å². The van der Waals surface area contributed by atoms with Gasteiger partial charge in [0.15, 0.2) is 0 Å². The van der Waals surface area contributed by atoms with Crippen LogP contribution in [0.3, 0.4) is 0 Å². The molecule has 5 heteroatoms. The topological polar surface area (TPSA) is 49.9 Å². The Labute approximate surface area is 121 Å². The van der Waals surface area contributed by atoms with Crippen molar-refractivity contribution in [3.8, 4) is 0 Å². The molecule has 20 heavy (non-hydrogen) atoms. The molecule has 114 valence electrons. The van der Waals surface area contributed by atoms with Gasteiger partial charge in [0.05, 0.1) is 6.61 Å². The number of likely N-dealkylation sites (tertiary alicyclic amines) is 2. The fourth-order valence-electron chi connectivity index (χ4n) is 2.94. The fraction of sp³-hybridized carbons (Fsp3) is 0.867. The maximum atomic E-state index is 12.5. The van der Waals surface area contributed by atoms with Crippen molar-refractivity contribution in [3.63, 3.8) is 0 Å². The van der Waals surface area contributed by atoms with Crippen molar-refractivity contribution in [3.05, 3.63) is 0 Å². The van der Waals surface area contributed by atoms with Crippen LogP contribution in [-0.4, -0.2) is 54.1 Å². The second kappa shape index (κ2) is 7.50. The van der Waals surface area contributed by atoms with Crippen molar-refractivity contribution >= 4 is 12.0 Å². The molecular weight excluding hydrogens is 256 g/mol. The van der Waals surface area contributed by atoms with Gasteiger partial charge in [-0.2, -0.15) is 0 Å².